The zero-order valence-electron chi connectivity index (χ0n) is 50.1. The molecule has 0 aliphatic rings. The largest absolute Gasteiger partial charge is 0.466 e. The van der Waals surface area contributed by atoms with Crippen molar-refractivity contribution in [3.63, 3.8) is 0 Å². The SMILES string of the molecule is CCCCCCCCC/C=C\CCCCCCCCCC(=O)OCCCCCCCCCCC/C=C\CCCCCCCCCC(=O)NC(CO)C(O)CCCCCCCCCCCCCCCCCCCCC. The van der Waals surface area contributed by atoms with E-state index in [0.717, 1.165) is 44.9 Å². The minimum absolute atomic E-state index is 0.00419. The molecular formula is C68H131NO5. The highest BCUT2D eigenvalue weighted by molar-refractivity contribution is 5.76. The van der Waals surface area contributed by atoms with Crippen LogP contribution in [-0.2, 0) is 14.3 Å². The fraction of sp³-hybridized carbons (Fsp3) is 0.912. The van der Waals surface area contributed by atoms with Gasteiger partial charge in [-0.3, -0.25) is 9.59 Å². The van der Waals surface area contributed by atoms with Crippen LogP contribution in [-0.4, -0.2) is 47.4 Å². The van der Waals surface area contributed by atoms with Gasteiger partial charge in [-0.1, -0.05) is 308 Å². The Morgan fingerprint density at radius 2 is 0.635 bits per heavy atom. The third kappa shape index (κ3) is 59.6. The van der Waals surface area contributed by atoms with E-state index in [1.165, 1.54) is 295 Å². The molecule has 0 fully saturated rings. The molecular weight excluding hydrogens is 911 g/mol. The van der Waals surface area contributed by atoms with Gasteiger partial charge in [0.1, 0.15) is 0 Å². The predicted molar refractivity (Wildman–Crippen MR) is 324 cm³/mol. The number of hydrogen-bond acceptors (Lipinski definition) is 5. The number of unbranched alkanes of at least 4 members (excludes halogenated alkanes) is 48. The molecule has 0 aromatic heterocycles. The summed E-state index contributed by atoms with van der Waals surface area (Å²) in [6.07, 6.45) is 79.1. The molecule has 0 saturated carbocycles. The number of carbonyl (C=O) groups excluding carboxylic acids is 2. The lowest BCUT2D eigenvalue weighted by Gasteiger charge is -2.22. The van der Waals surface area contributed by atoms with Crippen molar-refractivity contribution in [2.24, 2.45) is 0 Å². The maximum absolute atomic E-state index is 12.5. The topological polar surface area (TPSA) is 95.9 Å². The summed E-state index contributed by atoms with van der Waals surface area (Å²) in [4.78, 5) is 24.6. The summed E-state index contributed by atoms with van der Waals surface area (Å²) in [7, 11) is 0. The van der Waals surface area contributed by atoms with E-state index in [1.54, 1.807) is 0 Å². The molecule has 2 unspecified atom stereocenters. The molecule has 6 nitrogen and oxygen atoms in total. The Morgan fingerprint density at radius 3 is 0.959 bits per heavy atom. The number of aliphatic hydroxyl groups is 2. The summed E-state index contributed by atoms with van der Waals surface area (Å²) < 4.78 is 5.50. The predicted octanol–water partition coefficient (Wildman–Crippen LogP) is 21.4. The Bertz CT molecular complexity index is 1150. The van der Waals surface area contributed by atoms with Gasteiger partial charge in [0.25, 0.3) is 0 Å². The van der Waals surface area contributed by atoms with Crippen molar-refractivity contribution in [3.8, 4) is 0 Å². The number of carbonyl (C=O) groups is 2. The van der Waals surface area contributed by atoms with E-state index in [-0.39, 0.29) is 18.5 Å². The van der Waals surface area contributed by atoms with Crippen LogP contribution < -0.4 is 5.32 Å². The lowest BCUT2D eigenvalue weighted by molar-refractivity contribution is -0.143. The molecule has 1 amide bonds. The summed E-state index contributed by atoms with van der Waals surface area (Å²) in [5.41, 5.74) is 0. The van der Waals surface area contributed by atoms with Gasteiger partial charge in [0.15, 0.2) is 0 Å². The van der Waals surface area contributed by atoms with E-state index < -0.39 is 12.1 Å². The lowest BCUT2D eigenvalue weighted by Crippen LogP contribution is -2.45. The van der Waals surface area contributed by atoms with Crippen LogP contribution in [0.5, 0.6) is 0 Å². The minimum Gasteiger partial charge on any atom is -0.466 e. The third-order valence-electron chi connectivity index (χ3n) is 15.7. The van der Waals surface area contributed by atoms with Crippen LogP contribution in [0.4, 0.5) is 0 Å². The number of amides is 1. The number of ether oxygens (including phenoxy) is 1. The molecule has 0 aliphatic heterocycles. The lowest BCUT2D eigenvalue weighted by atomic mass is 10.0. The molecule has 2 atom stereocenters. The molecule has 74 heavy (non-hydrogen) atoms. The molecule has 438 valence electrons. The minimum atomic E-state index is -0.671. The monoisotopic (exact) mass is 1040 g/mol. The van der Waals surface area contributed by atoms with Gasteiger partial charge < -0.3 is 20.3 Å². The highest BCUT2D eigenvalue weighted by atomic mass is 16.5. The number of nitrogens with one attached hydrogen (secondary N) is 1. The third-order valence-corrected chi connectivity index (χ3v) is 15.7. The second-order valence-electron chi connectivity index (χ2n) is 23.1. The summed E-state index contributed by atoms with van der Waals surface area (Å²) >= 11 is 0. The van der Waals surface area contributed by atoms with Crippen LogP contribution in [0.2, 0.25) is 0 Å². The number of hydrogen-bond donors (Lipinski definition) is 3. The van der Waals surface area contributed by atoms with Crippen molar-refractivity contribution >= 4 is 11.9 Å². The first-order chi connectivity index (χ1) is 36.5. The Morgan fingerprint density at radius 1 is 0.365 bits per heavy atom. The van der Waals surface area contributed by atoms with Gasteiger partial charge in [-0.15, -0.1) is 0 Å². The van der Waals surface area contributed by atoms with Gasteiger partial charge in [-0.05, 0) is 77.0 Å². The number of esters is 1. The molecule has 3 N–H and O–H groups in total. The van der Waals surface area contributed by atoms with Crippen molar-refractivity contribution in [2.75, 3.05) is 13.2 Å². The van der Waals surface area contributed by atoms with Gasteiger partial charge in [0, 0.05) is 12.8 Å². The van der Waals surface area contributed by atoms with E-state index in [0.29, 0.717) is 25.9 Å². The Kier molecular flexibility index (Phi) is 62.4. The van der Waals surface area contributed by atoms with Crippen LogP contribution in [0.1, 0.15) is 373 Å². The molecule has 0 rings (SSSR count). The average Bonchev–Trinajstić information content (AvgIpc) is 3.40. The molecule has 0 radical (unpaired) electrons. The number of rotatable bonds is 63. The maximum atomic E-state index is 12.5. The highest BCUT2D eigenvalue weighted by Crippen LogP contribution is 2.18. The van der Waals surface area contributed by atoms with E-state index in [9.17, 15) is 19.8 Å². The average molecular weight is 1040 g/mol. The first-order valence-electron chi connectivity index (χ1n) is 33.6. The van der Waals surface area contributed by atoms with Crippen LogP contribution >= 0.6 is 0 Å². The molecule has 0 bridgehead atoms. The zero-order chi connectivity index (χ0) is 53.6. The Balaban J connectivity index is 3.42. The van der Waals surface area contributed by atoms with Crippen LogP contribution in [0, 0.1) is 0 Å². The molecule has 0 aromatic rings. The molecule has 0 aromatic carbocycles. The molecule has 0 spiro atoms. The second-order valence-corrected chi connectivity index (χ2v) is 23.1. The van der Waals surface area contributed by atoms with Gasteiger partial charge in [0.2, 0.25) is 5.91 Å². The second kappa shape index (κ2) is 63.9. The van der Waals surface area contributed by atoms with E-state index in [2.05, 4.69) is 43.5 Å². The summed E-state index contributed by atoms with van der Waals surface area (Å²) in [5.74, 6) is -0.0361. The normalized spacial score (nSPS) is 12.6. The van der Waals surface area contributed by atoms with E-state index in [1.807, 2.05) is 0 Å². The number of allylic oxidation sites excluding steroid dienone is 4. The molecule has 0 heterocycles. The van der Waals surface area contributed by atoms with Gasteiger partial charge in [-0.25, -0.2) is 0 Å². The van der Waals surface area contributed by atoms with Crippen LogP contribution in [0.3, 0.4) is 0 Å². The van der Waals surface area contributed by atoms with Crippen molar-refractivity contribution in [3.05, 3.63) is 24.3 Å². The standard InChI is InChI=1S/C68H131NO5/c1-3-5-7-9-11-13-15-17-19-21-25-28-32-36-40-44-48-52-56-60-66(71)65(64-70)69-67(72)61-57-53-49-45-41-37-33-29-26-23-24-27-31-35-39-43-47-51-55-59-63-74-68(73)62-58-54-50-46-42-38-34-30-22-20-18-16-14-12-10-8-6-4-2/h20,22-23,26,65-66,70-71H,3-19,21,24-25,27-64H2,1-2H3,(H,69,72)/b22-20-,26-23-. The zero-order valence-corrected chi connectivity index (χ0v) is 50.1. The first-order valence-corrected chi connectivity index (χ1v) is 33.6. The van der Waals surface area contributed by atoms with Crippen LogP contribution in [0.15, 0.2) is 24.3 Å². The van der Waals surface area contributed by atoms with E-state index in [4.69, 9.17) is 4.74 Å². The van der Waals surface area contributed by atoms with Gasteiger partial charge in [0.05, 0.1) is 25.4 Å². The molecule has 6 heteroatoms. The van der Waals surface area contributed by atoms with Gasteiger partial charge >= 0.3 is 5.97 Å². The summed E-state index contributed by atoms with van der Waals surface area (Å²) in [5, 5.41) is 23.4. The van der Waals surface area contributed by atoms with Crippen molar-refractivity contribution in [2.45, 2.75) is 386 Å². The van der Waals surface area contributed by atoms with Crippen molar-refractivity contribution < 1.29 is 24.5 Å². The molecule has 0 saturated heterocycles. The summed E-state index contributed by atoms with van der Waals surface area (Å²) in [6.45, 7) is 4.97. The van der Waals surface area contributed by atoms with Crippen molar-refractivity contribution in [1.29, 1.82) is 0 Å². The maximum Gasteiger partial charge on any atom is 0.305 e. The van der Waals surface area contributed by atoms with Crippen molar-refractivity contribution in [1.82, 2.24) is 5.32 Å². The fourth-order valence-electron chi connectivity index (χ4n) is 10.6. The van der Waals surface area contributed by atoms with E-state index >= 15 is 0 Å². The first kappa shape index (κ1) is 72.3. The number of aliphatic hydroxyl groups excluding tert-OH is 2. The summed E-state index contributed by atoms with van der Waals surface area (Å²) in [6, 6.07) is -0.549. The molecule has 0 aliphatic carbocycles. The fourth-order valence-corrected chi connectivity index (χ4v) is 10.6. The quantitative estimate of drug-likeness (QED) is 0.0320. The Hall–Kier alpha value is -1.66. The van der Waals surface area contributed by atoms with Crippen LogP contribution in [0.25, 0.3) is 0 Å². The smallest absolute Gasteiger partial charge is 0.305 e. The van der Waals surface area contributed by atoms with Gasteiger partial charge in [-0.2, -0.15) is 0 Å². The highest BCUT2D eigenvalue weighted by Gasteiger charge is 2.20. The Labute approximate surface area is 462 Å².